The number of rotatable bonds is 3. The maximum absolute atomic E-state index is 10.5. The lowest BCUT2D eigenvalue weighted by Gasteiger charge is -2.04. The topological polar surface area (TPSA) is 54.6 Å². The maximum Gasteiger partial charge on any atom is 0.303 e. The van der Waals surface area contributed by atoms with Crippen molar-refractivity contribution in [2.45, 2.75) is 12.8 Å². The second-order valence-electron chi connectivity index (χ2n) is 3.47. The van der Waals surface area contributed by atoms with E-state index >= 15 is 0 Å². The van der Waals surface area contributed by atoms with E-state index < -0.39 is 5.97 Å². The molecule has 1 N–H and O–H groups in total. The van der Waals surface area contributed by atoms with Gasteiger partial charge in [0.05, 0.1) is 19.9 Å². The first-order valence-corrected chi connectivity index (χ1v) is 4.80. The fraction of sp³-hybridized carbons (Fsp3) is 0.273. The number of carboxylic acids is 1. The number of fused-ring (bicyclic) bond motifs is 1. The molecule has 2 rings (SSSR count). The van der Waals surface area contributed by atoms with Crippen LogP contribution in [0.2, 0.25) is 0 Å². The lowest BCUT2D eigenvalue weighted by atomic mass is 10.2. The van der Waals surface area contributed by atoms with E-state index in [2.05, 4.69) is 4.99 Å². The summed E-state index contributed by atoms with van der Waals surface area (Å²) in [5.41, 5.74) is 1.96. The number of carbonyl (C=O) groups is 1. The van der Waals surface area contributed by atoms with Gasteiger partial charge in [-0.05, 0) is 17.1 Å². The number of anilines is 1. The minimum absolute atomic E-state index is 0. The fourth-order valence-electron chi connectivity index (χ4n) is 1.64. The Morgan fingerprint density at radius 1 is 1.44 bits per heavy atom. The molecule has 0 unspecified atom stereocenters. The second-order valence-corrected chi connectivity index (χ2v) is 3.47. The van der Waals surface area contributed by atoms with E-state index in [9.17, 15) is 4.79 Å². The number of halogens is 1. The quantitative estimate of drug-likeness (QED) is 0.689. The summed E-state index contributed by atoms with van der Waals surface area (Å²) in [5.74, 6) is 0.0284. The van der Waals surface area contributed by atoms with Crippen LogP contribution in [0.1, 0.15) is 12.8 Å². The van der Waals surface area contributed by atoms with E-state index in [-0.39, 0.29) is 18.8 Å². The molecule has 0 aliphatic carbocycles. The summed E-state index contributed by atoms with van der Waals surface area (Å²) in [6.45, 7) is 0. The summed E-state index contributed by atoms with van der Waals surface area (Å²) < 4.78 is 0. The van der Waals surface area contributed by atoms with Crippen molar-refractivity contribution in [3.63, 3.8) is 0 Å². The van der Waals surface area contributed by atoms with Crippen molar-refractivity contribution in [3.8, 4) is 0 Å². The molecule has 0 saturated carbocycles. The molecule has 0 atom stereocenters. The number of aliphatic carboxylic acids is 1. The first kappa shape index (κ1) is 12.5. The molecule has 1 aliphatic rings. The largest absolute Gasteiger partial charge is 1.00 e. The Kier molecular flexibility index (Phi) is 3.90. The highest BCUT2D eigenvalue weighted by Crippen LogP contribution is 2.28. The standard InChI is InChI=1S/C11H12N2O2.ClH/c1-13-9-5-3-2-4-8(9)12-10(13)6-7-11(14)15;/h2-5H,6-7H2,1H3,(H,14,15);1H/q+1;/p-1. The van der Waals surface area contributed by atoms with Crippen LogP contribution in [-0.4, -0.2) is 24.0 Å². The molecule has 5 heteroatoms. The molecule has 1 aromatic rings. The van der Waals surface area contributed by atoms with Gasteiger partial charge >= 0.3 is 5.97 Å². The van der Waals surface area contributed by atoms with E-state index in [0.29, 0.717) is 6.42 Å². The molecule has 0 fully saturated rings. The van der Waals surface area contributed by atoms with Crippen molar-refractivity contribution in [3.05, 3.63) is 24.3 Å². The molecule has 0 spiro atoms. The van der Waals surface area contributed by atoms with Gasteiger partial charge in [-0.25, -0.2) is 4.90 Å². The Balaban J connectivity index is 0.00000128. The lowest BCUT2D eigenvalue weighted by Crippen LogP contribution is -3.00. The third-order valence-corrected chi connectivity index (χ3v) is 2.44. The van der Waals surface area contributed by atoms with Gasteiger partial charge in [0.15, 0.2) is 5.69 Å². The first-order chi connectivity index (χ1) is 7.18. The number of nitrogens with zero attached hydrogens (tertiary/aromatic N) is 2. The van der Waals surface area contributed by atoms with E-state index in [1.807, 2.05) is 36.2 Å². The SMILES string of the molecule is CN1C(CCC(=O)O)=[N+]c2ccccc21.[Cl-]. The molecule has 85 valence electrons. The van der Waals surface area contributed by atoms with Crippen molar-refractivity contribution in [1.82, 2.24) is 4.99 Å². The highest BCUT2D eigenvalue weighted by Gasteiger charge is 2.30. The molecule has 1 heterocycles. The summed E-state index contributed by atoms with van der Waals surface area (Å²) in [7, 11) is 1.91. The molecule has 0 bridgehead atoms. The number of para-hydroxylation sites is 2. The third kappa shape index (κ3) is 2.33. The smallest absolute Gasteiger partial charge is 0.303 e. The van der Waals surface area contributed by atoms with Crippen molar-refractivity contribution < 1.29 is 22.3 Å². The third-order valence-electron chi connectivity index (χ3n) is 2.44. The van der Waals surface area contributed by atoms with Crippen molar-refractivity contribution >= 4 is 23.2 Å². The summed E-state index contributed by atoms with van der Waals surface area (Å²) >= 11 is 0. The molecule has 1 aliphatic heterocycles. The normalized spacial score (nSPS) is 12.8. The van der Waals surface area contributed by atoms with Gasteiger partial charge in [0, 0.05) is 0 Å². The van der Waals surface area contributed by atoms with Crippen LogP contribution < -0.4 is 22.3 Å². The van der Waals surface area contributed by atoms with Crippen LogP contribution in [-0.2, 0) is 4.79 Å². The monoisotopic (exact) mass is 239 g/mol. The van der Waals surface area contributed by atoms with E-state index in [4.69, 9.17) is 5.11 Å². The van der Waals surface area contributed by atoms with Gasteiger partial charge in [-0.15, -0.1) is 0 Å². The summed E-state index contributed by atoms with van der Waals surface area (Å²) in [4.78, 5) is 16.8. The number of aliphatic imine (C=N–C) groups is 1. The van der Waals surface area contributed by atoms with Crippen molar-refractivity contribution in [1.29, 1.82) is 0 Å². The number of carboxylic acid groups (broad SMARTS) is 1. The van der Waals surface area contributed by atoms with Crippen LogP contribution in [0.5, 0.6) is 0 Å². The molecule has 1 aromatic carbocycles. The average molecular weight is 240 g/mol. The number of hydrogen-bond donors (Lipinski definition) is 1. The van der Waals surface area contributed by atoms with Crippen LogP contribution >= 0.6 is 0 Å². The molecular formula is C11H12ClN2O2. The summed E-state index contributed by atoms with van der Waals surface area (Å²) in [6, 6.07) is 7.79. The Morgan fingerprint density at radius 3 is 2.75 bits per heavy atom. The zero-order chi connectivity index (χ0) is 10.8. The van der Waals surface area contributed by atoms with Gasteiger partial charge in [0.2, 0.25) is 5.69 Å². The first-order valence-electron chi connectivity index (χ1n) is 4.80. The summed E-state index contributed by atoms with van der Waals surface area (Å²) in [6.07, 6.45) is 0.595. The molecule has 0 amide bonds. The molecule has 1 radical (unpaired) electrons. The zero-order valence-electron chi connectivity index (χ0n) is 8.85. The van der Waals surface area contributed by atoms with Gasteiger partial charge in [0.25, 0.3) is 5.84 Å². The fourth-order valence-corrected chi connectivity index (χ4v) is 1.64. The zero-order valence-corrected chi connectivity index (χ0v) is 9.61. The van der Waals surface area contributed by atoms with Crippen molar-refractivity contribution in [2.75, 3.05) is 11.9 Å². The predicted octanol–water partition coefficient (Wildman–Crippen LogP) is -1.63. The molecular weight excluding hydrogens is 228 g/mol. The Bertz CT molecular complexity index is 432. The van der Waals surface area contributed by atoms with Gasteiger partial charge < -0.3 is 17.5 Å². The van der Waals surface area contributed by atoms with Crippen LogP contribution in [0.25, 0.3) is 0 Å². The number of amidine groups is 1. The highest BCUT2D eigenvalue weighted by atomic mass is 35.5. The number of benzene rings is 1. The van der Waals surface area contributed by atoms with Crippen LogP contribution in [0.4, 0.5) is 11.4 Å². The molecule has 4 nitrogen and oxygen atoms in total. The average Bonchev–Trinajstić information content (AvgIpc) is 2.54. The van der Waals surface area contributed by atoms with E-state index in [1.54, 1.807) is 0 Å². The molecule has 0 aromatic heterocycles. The second kappa shape index (κ2) is 4.99. The Morgan fingerprint density at radius 2 is 2.12 bits per heavy atom. The van der Waals surface area contributed by atoms with Gasteiger partial charge in [-0.2, -0.15) is 0 Å². The summed E-state index contributed by atoms with van der Waals surface area (Å²) in [5, 5.41) is 8.60. The Labute approximate surface area is 100 Å². The minimum Gasteiger partial charge on any atom is -1.00 e. The van der Waals surface area contributed by atoms with Crippen LogP contribution in [0, 0.1) is 0 Å². The van der Waals surface area contributed by atoms with Crippen molar-refractivity contribution in [2.24, 2.45) is 0 Å². The van der Waals surface area contributed by atoms with Crippen LogP contribution in [0.3, 0.4) is 0 Å². The molecule has 0 saturated heterocycles. The number of hydrogen-bond acceptors (Lipinski definition) is 3. The van der Waals surface area contributed by atoms with E-state index in [0.717, 1.165) is 17.2 Å². The van der Waals surface area contributed by atoms with E-state index in [1.165, 1.54) is 0 Å². The minimum atomic E-state index is -0.790. The highest BCUT2D eigenvalue weighted by molar-refractivity contribution is 6.05. The van der Waals surface area contributed by atoms with Crippen LogP contribution in [0.15, 0.2) is 24.3 Å². The molecule has 16 heavy (non-hydrogen) atoms. The Hall–Kier alpha value is -1.55. The van der Waals surface area contributed by atoms with Gasteiger partial charge in [0.1, 0.15) is 0 Å². The lowest BCUT2D eigenvalue weighted by molar-refractivity contribution is -0.136. The predicted molar refractivity (Wildman–Crippen MR) is 58.5 cm³/mol. The van der Waals surface area contributed by atoms with Gasteiger partial charge in [-0.1, -0.05) is 12.1 Å². The van der Waals surface area contributed by atoms with Gasteiger partial charge in [-0.3, -0.25) is 4.79 Å². The maximum atomic E-state index is 10.5.